The Morgan fingerprint density at radius 1 is 1.09 bits per heavy atom. The summed E-state index contributed by atoms with van der Waals surface area (Å²) in [5, 5.41) is 0. The molecule has 1 atom stereocenters. The number of benzene rings is 2. The smallest absolute Gasteiger partial charge is 0.410 e. The zero-order chi connectivity index (χ0) is 16.2. The van der Waals surface area contributed by atoms with E-state index in [0.717, 1.165) is 5.56 Å². The van der Waals surface area contributed by atoms with Gasteiger partial charge in [0.05, 0.1) is 6.04 Å². The van der Waals surface area contributed by atoms with Crippen LogP contribution in [-0.2, 0) is 4.79 Å². The summed E-state index contributed by atoms with van der Waals surface area (Å²) in [7, 11) is 0. The molecule has 2 aromatic carbocycles. The number of nitrogens with zero attached hydrogens (tertiary/aromatic N) is 1. The maximum atomic E-state index is 13.1. The fraction of sp³-hybridized carbons (Fsp3) is 0.222. The molecule has 0 aromatic heterocycles. The quantitative estimate of drug-likeness (QED) is 0.848. The first-order valence-corrected chi connectivity index (χ1v) is 7.44. The molecule has 23 heavy (non-hydrogen) atoms. The molecule has 1 heterocycles. The van der Waals surface area contributed by atoms with Crippen molar-refractivity contribution in [2.24, 2.45) is 0 Å². The Morgan fingerprint density at radius 2 is 1.78 bits per heavy atom. The van der Waals surface area contributed by atoms with Crippen LogP contribution in [-0.4, -0.2) is 23.3 Å². The first kappa shape index (κ1) is 15.2. The van der Waals surface area contributed by atoms with Crippen LogP contribution in [0.3, 0.4) is 0 Å². The summed E-state index contributed by atoms with van der Waals surface area (Å²) in [5.41, 5.74) is 0.726. The van der Waals surface area contributed by atoms with Crippen LogP contribution in [0.4, 0.5) is 9.18 Å². The first-order valence-electron chi connectivity index (χ1n) is 7.44. The van der Waals surface area contributed by atoms with E-state index in [4.69, 9.17) is 4.74 Å². The molecule has 5 heteroatoms. The predicted octanol–water partition coefficient (Wildman–Crippen LogP) is 3.73. The summed E-state index contributed by atoms with van der Waals surface area (Å²) in [5.74, 6) is 0.185. The predicted molar refractivity (Wildman–Crippen MR) is 82.6 cm³/mol. The standard InChI is InChI=1S/C18H16FNO3/c19-14-8-6-13(7-9-14)17-12-15(21)10-11-20(17)18(22)23-16-4-2-1-3-5-16/h1-9,17H,10-12H2/t17-/m0/s1. The van der Waals surface area contributed by atoms with E-state index < -0.39 is 12.1 Å². The highest BCUT2D eigenvalue weighted by molar-refractivity contribution is 5.83. The van der Waals surface area contributed by atoms with E-state index in [1.54, 1.807) is 36.4 Å². The van der Waals surface area contributed by atoms with Gasteiger partial charge in [-0.3, -0.25) is 9.69 Å². The molecular weight excluding hydrogens is 297 g/mol. The van der Waals surface area contributed by atoms with E-state index in [-0.39, 0.29) is 18.0 Å². The molecule has 0 aliphatic carbocycles. The number of ketones is 1. The highest BCUT2D eigenvalue weighted by Gasteiger charge is 2.32. The van der Waals surface area contributed by atoms with Gasteiger partial charge in [0, 0.05) is 19.4 Å². The van der Waals surface area contributed by atoms with Gasteiger partial charge >= 0.3 is 6.09 Å². The topological polar surface area (TPSA) is 46.6 Å². The Hall–Kier alpha value is -2.69. The van der Waals surface area contributed by atoms with Gasteiger partial charge in [0.2, 0.25) is 0 Å². The largest absolute Gasteiger partial charge is 0.415 e. The highest BCUT2D eigenvalue weighted by Crippen LogP contribution is 2.30. The molecule has 0 saturated carbocycles. The van der Waals surface area contributed by atoms with E-state index in [0.29, 0.717) is 18.7 Å². The van der Waals surface area contributed by atoms with Crippen molar-refractivity contribution in [1.82, 2.24) is 4.90 Å². The van der Waals surface area contributed by atoms with Crippen molar-refractivity contribution in [1.29, 1.82) is 0 Å². The van der Waals surface area contributed by atoms with Gasteiger partial charge in [-0.1, -0.05) is 30.3 Å². The zero-order valence-corrected chi connectivity index (χ0v) is 12.4. The SMILES string of the molecule is O=C1CCN(C(=O)Oc2ccccc2)[C@H](c2ccc(F)cc2)C1. The van der Waals surface area contributed by atoms with E-state index in [1.165, 1.54) is 17.0 Å². The Morgan fingerprint density at radius 3 is 2.48 bits per heavy atom. The van der Waals surface area contributed by atoms with Crippen LogP contribution in [0.5, 0.6) is 5.75 Å². The van der Waals surface area contributed by atoms with Crippen molar-refractivity contribution in [3.05, 3.63) is 66.0 Å². The molecule has 1 saturated heterocycles. The number of piperidine rings is 1. The summed E-state index contributed by atoms with van der Waals surface area (Å²) >= 11 is 0. The summed E-state index contributed by atoms with van der Waals surface area (Å²) in [6, 6.07) is 14.2. The van der Waals surface area contributed by atoms with Crippen LogP contribution in [0.15, 0.2) is 54.6 Å². The molecular formula is C18H16FNO3. The van der Waals surface area contributed by atoms with E-state index in [1.807, 2.05) is 6.07 Å². The number of carbonyl (C=O) groups is 2. The van der Waals surface area contributed by atoms with Crippen LogP contribution in [0.1, 0.15) is 24.4 Å². The maximum absolute atomic E-state index is 13.1. The normalized spacial score (nSPS) is 17.9. The monoisotopic (exact) mass is 313 g/mol. The highest BCUT2D eigenvalue weighted by atomic mass is 19.1. The van der Waals surface area contributed by atoms with E-state index >= 15 is 0 Å². The lowest BCUT2D eigenvalue weighted by Crippen LogP contribution is -2.42. The third kappa shape index (κ3) is 3.56. The molecule has 3 rings (SSSR count). The molecule has 0 N–H and O–H groups in total. The van der Waals surface area contributed by atoms with Crippen molar-refractivity contribution in [2.75, 3.05) is 6.54 Å². The Kier molecular flexibility index (Phi) is 4.37. The molecule has 4 nitrogen and oxygen atoms in total. The lowest BCUT2D eigenvalue weighted by atomic mass is 9.95. The van der Waals surface area contributed by atoms with Crippen molar-refractivity contribution in [3.8, 4) is 5.75 Å². The third-order valence-electron chi connectivity index (χ3n) is 3.87. The molecule has 2 aromatic rings. The summed E-state index contributed by atoms with van der Waals surface area (Å²) in [4.78, 5) is 25.8. The molecule has 1 amide bonds. The second-order valence-corrected chi connectivity index (χ2v) is 5.43. The van der Waals surface area contributed by atoms with Crippen molar-refractivity contribution >= 4 is 11.9 Å². The van der Waals surface area contributed by atoms with Crippen molar-refractivity contribution < 1.29 is 18.7 Å². The summed E-state index contributed by atoms with van der Waals surface area (Å²) < 4.78 is 18.5. The molecule has 1 aliphatic heterocycles. The van der Waals surface area contributed by atoms with Crippen LogP contribution >= 0.6 is 0 Å². The number of ether oxygens (including phenoxy) is 1. The van der Waals surface area contributed by atoms with Crippen LogP contribution < -0.4 is 4.74 Å². The average molecular weight is 313 g/mol. The lowest BCUT2D eigenvalue weighted by Gasteiger charge is -2.34. The van der Waals surface area contributed by atoms with E-state index in [9.17, 15) is 14.0 Å². The van der Waals surface area contributed by atoms with E-state index in [2.05, 4.69) is 0 Å². The maximum Gasteiger partial charge on any atom is 0.415 e. The molecule has 0 radical (unpaired) electrons. The molecule has 0 bridgehead atoms. The van der Waals surface area contributed by atoms with Gasteiger partial charge in [-0.15, -0.1) is 0 Å². The number of rotatable bonds is 2. The van der Waals surface area contributed by atoms with Crippen LogP contribution in [0, 0.1) is 5.82 Å². The number of para-hydroxylation sites is 1. The number of halogens is 1. The minimum atomic E-state index is -0.502. The van der Waals surface area contributed by atoms with Crippen LogP contribution in [0.2, 0.25) is 0 Å². The molecule has 1 aliphatic rings. The first-order chi connectivity index (χ1) is 11.1. The van der Waals surface area contributed by atoms with Crippen molar-refractivity contribution in [2.45, 2.75) is 18.9 Å². The van der Waals surface area contributed by atoms with Gasteiger partial charge < -0.3 is 4.74 Å². The number of amides is 1. The number of likely N-dealkylation sites (tertiary alicyclic amines) is 1. The fourth-order valence-corrected chi connectivity index (χ4v) is 2.68. The number of hydrogen-bond acceptors (Lipinski definition) is 3. The molecule has 1 fully saturated rings. The fourth-order valence-electron chi connectivity index (χ4n) is 2.68. The van der Waals surface area contributed by atoms with Crippen LogP contribution in [0.25, 0.3) is 0 Å². The average Bonchev–Trinajstić information content (AvgIpc) is 2.56. The van der Waals surface area contributed by atoms with Gasteiger partial charge in [-0.05, 0) is 29.8 Å². The van der Waals surface area contributed by atoms with Gasteiger partial charge in [-0.2, -0.15) is 0 Å². The van der Waals surface area contributed by atoms with Gasteiger partial charge in [-0.25, -0.2) is 9.18 Å². The van der Waals surface area contributed by atoms with Gasteiger partial charge in [0.1, 0.15) is 17.3 Å². The van der Waals surface area contributed by atoms with Gasteiger partial charge in [0.25, 0.3) is 0 Å². The number of hydrogen-bond donors (Lipinski definition) is 0. The summed E-state index contributed by atoms with van der Waals surface area (Å²) in [6.45, 7) is 0.298. The number of Topliss-reactive ketones (excluding diaryl/α,β-unsaturated/α-hetero) is 1. The molecule has 118 valence electrons. The van der Waals surface area contributed by atoms with Crippen molar-refractivity contribution in [3.63, 3.8) is 0 Å². The minimum Gasteiger partial charge on any atom is -0.410 e. The number of carbonyl (C=O) groups excluding carboxylic acids is 2. The zero-order valence-electron chi connectivity index (χ0n) is 12.4. The van der Waals surface area contributed by atoms with Gasteiger partial charge in [0.15, 0.2) is 0 Å². The minimum absolute atomic E-state index is 0.0862. The lowest BCUT2D eigenvalue weighted by molar-refractivity contribution is -0.122. The Bertz CT molecular complexity index is 700. The second-order valence-electron chi connectivity index (χ2n) is 5.43. The molecule has 0 unspecified atom stereocenters. The Labute approximate surface area is 133 Å². The molecule has 0 spiro atoms. The Balaban J connectivity index is 1.81. The summed E-state index contributed by atoms with van der Waals surface area (Å²) in [6.07, 6.45) is 0.0231. The third-order valence-corrected chi connectivity index (χ3v) is 3.87. The second kappa shape index (κ2) is 6.60.